The Hall–Kier alpha value is -2.88. The minimum atomic E-state index is -0.115. The molecule has 27 heavy (non-hydrogen) atoms. The molecule has 0 unspecified atom stereocenters. The van der Waals surface area contributed by atoms with Gasteiger partial charge in [-0.25, -0.2) is 0 Å². The van der Waals surface area contributed by atoms with Crippen LogP contribution in [-0.2, 0) is 0 Å². The average molecular weight is 365 g/mol. The van der Waals surface area contributed by atoms with Crippen LogP contribution in [0.25, 0.3) is 6.08 Å². The van der Waals surface area contributed by atoms with Crippen molar-refractivity contribution in [3.8, 4) is 5.75 Å². The van der Waals surface area contributed by atoms with Crippen LogP contribution in [0.15, 0.2) is 48.5 Å². The molecule has 0 fully saturated rings. The molecule has 0 heterocycles. The van der Waals surface area contributed by atoms with Crippen molar-refractivity contribution in [2.45, 2.75) is 26.7 Å². The maximum Gasteiger partial charge on any atom is 0.253 e. The number of rotatable bonds is 7. The van der Waals surface area contributed by atoms with Crippen LogP contribution in [0, 0.1) is 0 Å². The van der Waals surface area contributed by atoms with Gasteiger partial charge in [0, 0.05) is 30.8 Å². The zero-order chi connectivity index (χ0) is 20.0. The van der Waals surface area contributed by atoms with E-state index in [2.05, 4.69) is 26.0 Å². The molecule has 0 aliphatic rings. The Morgan fingerprint density at radius 1 is 1.04 bits per heavy atom. The van der Waals surface area contributed by atoms with E-state index in [4.69, 9.17) is 4.74 Å². The van der Waals surface area contributed by atoms with Crippen LogP contribution < -0.4 is 4.74 Å². The number of hydrogen-bond acceptors (Lipinski definition) is 3. The van der Waals surface area contributed by atoms with Crippen molar-refractivity contribution in [2.24, 2.45) is 0 Å². The molecule has 0 atom stereocenters. The molecule has 4 heteroatoms. The Morgan fingerprint density at radius 2 is 1.67 bits per heavy atom. The molecule has 4 nitrogen and oxygen atoms in total. The lowest BCUT2D eigenvalue weighted by atomic mass is 9.99. The molecule has 0 bridgehead atoms. The molecule has 2 aromatic rings. The number of nitrogens with zero attached hydrogens (tertiary/aromatic N) is 1. The molecule has 0 saturated carbocycles. The SMILES string of the molecule is CCOc1ccc(C(C)C)cc1/C=C/C(=O)c1ccc(C(=O)N(C)C)cc1. The zero-order valence-corrected chi connectivity index (χ0v) is 16.7. The third-order valence-corrected chi connectivity index (χ3v) is 4.24. The second-order valence-corrected chi connectivity index (χ2v) is 6.86. The van der Waals surface area contributed by atoms with Crippen LogP contribution in [-0.4, -0.2) is 37.3 Å². The number of carbonyl (C=O) groups is 2. The fourth-order valence-electron chi connectivity index (χ4n) is 2.64. The Labute approximate surface area is 161 Å². The average Bonchev–Trinajstić information content (AvgIpc) is 2.66. The first kappa shape index (κ1) is 20.4. The monoisotopic (exact) mass is 365 g/mol. The first-order valence-electron chi connectivity index (χ1n) is 9.14. The highest BCUT2D eigenvalue weighted by Gasteiger charge is 2.10. The molecule has 2 rings (SSSR count). The van der Waals surface area contributed by atoms with Crippen LogP contribution >= 0.6 is 0 Å². The molecule has 0 aromatic heterocycles. The number of allylic oxidation sites excluding steroid dienone is 1. The van der Waals surface area contributed by atoms with Crippen molar-refractivity contribution in [2.75, 3.05) is 20.7 Å². The predicted octanol–water partition coefficient (Wildman–Crippen LogP) is 4.81. The van der Waals surface area contributed by atoms with Crippen molar-refractivity contribution >= 4 is 17.8 Å². The fourth-order valence-corrected chi connectivity index (χ4v) is 2.64. The fraction of sp³-hybridized carbons (Fsp3) is 0.304. The summed E-state index contributed by atoms with van der Waals surface area (Å²) in [6.07, 6.45) is 3.34. The molecule has 0 aliphatic carbocycles. The molecule has 2 aromatic carbocycles. The predicted molar refractivity (Wildman–Crippen MR) is 110 cm³/mol. The number of ketones is 1. The van der Waals surface area contributed by atoms with Gasteiger partial charge in [-0.1, -0.05) is 32.0 Å². The summed E-state index contributed by atoms with van der Waals surface area (Å²) in [5, 5.41) is 0. The first-order chi connectivity index (χ1) is 12.8. The minimum absolute atomic E-state index is 0.0867. The highest BCUT2D eigenvalue weighted by molar-refractivity contribution is 6.07. The van der Waals surface area contributed by atoms with E-state index in [9.17, 15) is 9.59 Å². The first-order valence-corrected chi connectivity index (χ1v) is 9.14. The van der Waals surface area contributed by atoms with Gasteiger partial charge in [0.15, 0.2) is 5.78 Å². The highest BCUT2D eigenvalue weighted by Crippen LogP contribution is 2.26. The standard InChI is InChI=1S/C23H27NO3/c1-6-27-22-14-12-19(16(2)3)15-20(22)11-13-21(25)17-7-9-18(10-8-17)23(26)24(4)5/h7-16H,6H2,1-5H3/b13-11+. The third kappa shape index (κ3) is 5.30. The lowest BCUT2D eigenvalue weighted by Gasteiger charge is -2.11. The van der Waals surface area contributed by atoms with Gasteiger partial charge in [0.25, 0.3) is 5.91 Å². The van der Waals surface area contributed by atoms with Crippen molar-refractivity contribution in [1.29, 1.82) is 0 Å². The second kappa shape index (κ2) is 9.17. The maximum absolute atomic E-state index is 12.5. The van der Waals surface area contributed by atoms with E-state index in [1.165, 1.54) is 10.5 Å². The lowest BCUT2D eigenvalue weighted by Crippen LogP contribution is -2.21. The van der Waals surface area contributed by atoms with E-state index in [1.807, 2.05) is 13.0 Å². The highest BCUT2D eigenvalue weighted by atomic mass is 16.5. The number of amides is 1. The normalized spacial score (nSPS) is 11.0. The molecule has 0 spiro atoms. The van der Waals surface area contributed by atoms with Crippen molar-refractivity contribution in [1.82, 2.24) is 4.90 Å². The lowest BCUT2D eigenvalue weighted by molar-refractivity contribution is 0.0827. The molecule has 0 radical (unpaired) electrons. The van der Waals surface area contributed by atoms with E-state index < -0.39 is 0 Å². The largest absolute Gasteiger partial charge is 0.493 e. The van der Waals surface area contributed by atoms with E-state index in [0.717, 1.165) is 11.3 Å². The van der Waals surface area contributed by atoms with Crippen molar-refractivity contribution in [3.63, 3.8) is 0 Å². The molecular formula is C23H27NO3. The van der Waals surface area contributed by atoms with Crippen LogP contribution in [0.5, 0.6) is 5.75 Å². The van der Waals surface area contributed by atoms with Gasteiger partial charge < -0.3 is 9.64 Å². The summed E-state index contributed by atoms with van der Waals surface area (Å²) >= 11 is 0. The van der Waals surface area contributed by atoms with E-state index in [-0.39, 0.29) is 11.7 Å². The number of hydrogen-bond donors (Lipinski definition) is 0. The molecule has 0 saturated heterocycles. The smallest absolute Gasteiger partial charge is 0.253 e. The summed E-state index contributed by atoms with van der Waals surface area (Å²) in [6.45, 7) is 6.76. The van der Waals surface area contributed by atoms with Gasteiger partial charge in [-0.05, 0) is 54.8 Å². The molecular weight excluding hydrogens is 338 g/mol. The molecule has 0 aliphatic heterocycles. The number of carbonyl (C=O) groups excluding carboxylic acids is 2. The third-order valence-electron chi connectivity index (χ3n) is 4.24. The maximum atomic E-state index is 12.5. The summed E-state index contributed by atoms with van der Waals surface area (Å²) in [4.78, 5) is 25.9. The minimum Gasteiger partial charge on any atom is -0.493 e. The van der Waals surface area contributed by atoms with Gasteiger partial charge in [-0.2, -0.15) is 0 Å². The van der Waals surface area contributed by atoms with Gasteiger partial charge in [-0.3, -0.25) is 9.59 Å². The van der Waals surface area contributed by atoms with Crippen LogP contribution in [0.4, 0.5) is 0 Å². The Morgan fingerprint density at radius 3 is 2.22 bits per heavy atom. The van der Waals surface area contributed by atoms with Crippen molar-refractivity contribution < 1.29 is 14.3 Å². The Bertz CT molecular complexity index is 833. The Kier molecular flexibility index (Phi) is 6.94. The van der Waals surface area contributed by atoms with Crippen LogP contribution in [0.3, 0.4) is 0 Å². The second-order valence-electron chi connectivity index (χ2n) is 6.86. The summed E-state index contributed by atoms with van der Waals surface area (Å²) in [5.41, 5.74) is 3.18. The number of benzene rings is 2. The summed E-state index contributed by atoms with van der Waals surface area (Å²) in [7, 11) is 3.40. The van der Waals surface area contributed by atoms with Gasteiger partial charge in [0.05, 0.1) is 6.61 Å². The molecule has 142 valence electrons. The van der Waals surface area contributed by atoms with Crippen molar-refractivity contribution in [3.05, 3.63) is 70.8 Å². The van der Waals surface area contributed by atoms with Gasteiger partial charge >= 0.3 is 0 Å². The van der Waals surface area contributed by atoms with E-state index in [0.29, 0.717) is 23.7 Å². The Balaban J connectivity index is 2.23. The van der Waals surface area contributed by atoms with E-state index >= 15 is 0 Å². The van der Waals surface area contributed by atoms with Gasteiger partial charge in [-0.15, -0.1) is 0 Å². The van der Waals surface area contributed by atoms with Crippen LogP contribution in [0.1, 0.15) is 58.5 Å². The van der Waals surface area contributed by atoms with Gasteiger partial charge in [0.2, 0.25) is 0 Å². The quantitative estimate of drug-likeness (QED) is 0.523. The van der Waals surface area contributed by atoms with Gasteiger partial charge in [0.1, 0.15) is 5.75 Å². The summed E-state index contributed by atoms with van der Waals surface area (Å²) < 4.78 is 5.67. The molecule has 0 N–H and O–H groups in total. The topological polar surface area (TPSA) is 46.6 Å². The summed E-state index contributed by atoms with van der Waals surface area (Å²) in [6, 6.07) is 12.8. The number of ether oxygens (including phenoxy) is 1. The molecule has 1 amide bonds. The summed E-state index contributed by atoms with van der Waals surface area (Å²) in [5.74, 6) is 0.954. The van der Waals surface area contributed by atoms with E-state index in [1.54, 1.807) is 50.5 Å². The zero-order valence-electron chi connectivity index (χ0n) is 16.7. The van der Waals surface area contributed by atoms with Crippen LogP contribution in [0.2, 0.25) is 0 Å².